The van der Waals surface area contributed by atoms with Crippen molar-refractivity contribution in [3.8, 4) is 0 Å². The summed E-state index contributed by atoms with van der Waals surface area (Å²) in [7, 11) is 0. The van der Waals surface area contributed by atoms with Crippen LogP contribution in [0.2, 0.25) is 0 Å². The molecule has 154 valence electrons. The van der Waals surface area contributed by atoms with Crippen molar-refractivity contribution in [2.24, 2.45) is 23.7 Å². The Hall–Kier alpha value is -0.860. The lowest BCUT2D eigenvalue weighted by molar-refractivity contribution is -0.0892. The minimum absolute atomic E-state index is 0.198. The molecule has 0 aromatic carbocycles. The molecule has 7 atom stereocenters. The van der Waals surface area contributed by atoms with Gasteiger partial charge in [0.15, 0.2) is 0 Å². The summed E-state index contributed by atoms with van der Waals surface area (Å²) in [6, 6.07) is 0. The molecule has 0 radical (unpaired) electrons. The lowest BCUT2D eigenvalue weighted by Crippen LogP contribution is -2.40. The van der Waals surface area contributed by atoms with Crippen LogP contribution in [0.25, 0.3) is 0 Å². The molecule has 2 nitrogen and oxygen atoms in total. The molecular weight excluding hydrogens is 332 g/mol. The van der Waals surface area contributed by atoms with Crippen LogP contribution in [-0.4, -0.2) is 24.4 Å². The molecule has 2 aliphatic heterocycles. The van der Waals surface area contributed by atoms with Gasteiger partial charge in [0.25, 0.3) is 0 Å². The molecule has 0 aromatic rings. The zero-order valence-corrected chi connectivity index (χ0v) is 18.5. The highest BCUT2D eigenvalue weighted by Gasteiger charge is 2.35. The second-order valence-electron chi connectivity index (χ2n) is 9.33. The van der Waals surface area contributed by atoms with Gasteiger partial charge >= 0.3 is 0 Å². The third kappa shape index (κ3) is 6.61. The van der Waals surface area contributed by atoms with E-state index < -0.39 is 0 Å². The zero-order chi connectivity index (χ0) is 20.0. The van der Waals surface area contributed by atoms with Crippen LogP contribution in [0.5, 0.6) is 0 Å². The highest BCUT2D eigenvalue weighted by atomic mass is 16.5. The molecule has 2 heteroatoms. The molecule has 0 spiro atoms. The van der Waals surface area contributed by atoms with E-state index in [9.17, 15) is 0 Å². The maximum atomic E-state index is 6.39. The normalized spacial score (nSPS) is 38.5. The molecule has 0 aliphatic carbocycles. The lowest BCUT2D eigenvalue weighted by atomic mass is 9.75. The molecule has 2 heterocycles. The largest absolute Gasteiger partial charge is 0.375 e. The highest BCUT2D eigenvalue weighted by molar-refractivity contribution is 5.18. The highest BCUT2D eigenvalue weighted by Crippen LogP contribution is 2.37. The Morgan fingerprint density at radius 3 is 2.52 bits per heavy atom. The Bertz CT molecular complexity index is 518. The van der Waals surface area contributed by atoms with Crippen molar-refractivity contribution >= 4 is 0 Å². The van der Waals surface area contributed by atoms with Crippen LogP contribution in [0.4, 0.5) is 0 Å². The van der Waals surface area contributed by atoms with Crippen LogP contribution in [0.1, 0.15) is 73.6 Å². The molecule has 2 saturated heterocycles. The van der Waals surface area contributed by atoms with Gasteiger partial charge < -0.3 is 9.47 Å². The third-order valence-corrected chi connectivity index (χ3v) is 6.66. The van der Waals surface area contributed by atoms with Crippen LogP contribution in [0.3, 0.4) is 0 Å². The van der Waals surface area contributed by atoms with Gasteiger partial charge in [-0.1, -0.05) is 57.6 Å². The van der Waals surface area contributed by atoms with E-state index in [0.717, 1.165) is 19.3 Å². The van der Waals surface area contributed by atoms with Crippen LogP contribution >= 0.6 is 0 Å². The predicted octanol–water partition coefficient (Wildman–Crippen LogP) is 6.72. The van der Waals surface area contributed by atoms with Crippen LogP contribution in [-0.2, 0) is 9.47 Å². The third-order valence-electron chi connectivity index (χ3n) is 6.66. The van der Waals surface area contributed by atoms with E-state index in [1.54, 1.807) is 0 Å². The SMILES string of the molecule is C=CC[C@@H]1CC(C(C)C)[C@H](C)C(/C=C/C(C)=C/C[C@@H]2O[C@H](C)CC[C@@H]2C)O1. The number of rotatable bonds is 7. The summed E-state index contributed by atoms with van der Waals surface area (Å²) in [6.07, 6.45) is 15.7. The van der Waals surface area contributed by atoms with Gasteiger partial charge in [0.05, 0.1) is 24.4 Å². The van der Waals surface area contributed by atoms with Crippen molar-refractivity contribution in [2.75, 3.05) is 0 Å². The molecule has 2 fully saturated rings. The molecule has 2 aliphatic rings. The van der Waals surface area contributed by atoms with Crippen molar-refractivity contribution in [1.82, 2.24) is 0 Å². The molecule has 2 unspecified atom stereocenters. The Labute approximate surface area is 168 Å². The predicted molar refractivity (Wildman–Crippen MR) is 116 cm³/mol. The van der Waals surface area contributed by atoms with Crippen molar-refractivity contribution in [1.29, 1.82) is 0 Å². The summed E-state index contributed by atoms with van der Waals surface area (Å²) in [5, 5.41) is 0. The van der Waals surface area contributed by atoms with E-state index >= 15 is 0 Å². The fourth-order valence-corrected chi connectivity index (χ4v) is 4.69. The standard InChI is InChI=1S/C25H42O2/c1-8-9-22-16-23(17(2)3)21(7)25(27-22)15-11-18(4)10-14-24-19(5)12-13-20(6)26-24/h8,10-11,15,17,19-25H,1,9,12-14,16H2,2-7H3/b15-11+,18-10+/t19-,20+,21-,22+,23?,24-,25?/m0/s1. The van der Waals surface area contributed by atoms with Gasteiger partial charge in [-0.2, -0.15) is 0 Å². The van der Waals surface area contributed by atoms with Gasteiger partial charge in [-0.3, -0.25) is 0 Å². The summed E-state index contributed by atoms with van der Waals surface area (Å²) in [5.41, 5.74) is 1.31. The number of hydrogen-bond donors (Lipinski definition) is 0. The minimum atomic E-state index is 0.198. The second-order valence-corrected chi connectivity index (χ2v) is 9.33. The van der Waals surface area contributed by atoms with Gasteiger partial charge in [-0.15, -0.1) is 6.58 Å². The van der Waals surface area contributed by atoms with Crippen LogP contribution in [0.15, 0.2) is 36.5 Å². The van der Waals surface area contributed by atoms with Crippen molar-refractivity contribution in [2.45, 2.75) is 98.1 Å². The molecule has 0 N–H and O–H groups in total. The summed E-state index contributed by atoms with van der Waals surface area (Å²) in [5.74, 6) is 2.61. The van der Waals surface area contributed by atoms with Crippen LogP contribution < -0.4 is 0 Å². The molecular formula is C25H42O2. The Balaban J connectivity index is 1.97. The Morgan fingerprint density at radius 2 is 1.85 bits per heavy atom. The monoisotopic (exact) mass is 374 g/mol. The van der Waals surface area contributed by atoms with E-state index in [-0.39, 0.29) is 6.10 Å². The van der Waals surface area contributed by atoms with E-state index in [1.165, 1.54) is 18.4 Å². The van der Waals surface area contributed by atoms with Gasteiger partial charge in [-0.05, 0) is 69.6 Å². The average Bonchev–Trinajstić information content (AvgIpc) is 2.62. The van der Waals surface area contributed by atoms with Gasteiger partial charge in [0, 0.05) is 0 Å². The van der Waals surface area contributed by atoms with Crippen molar-refractivity contribution in [3.63, 3.8) is 0 Å². The first kappa shape index (κ1) is 22.4. The fourth-order valence-electron chi connectivity index (χ4n) is 4.69. The van der Waals surface area contributed by atoms with E-state index in [2.05, 4.69) is 66.3 Å². The summed E-state index contributed by atoms with van der Waals surface area (Å²) in [4.78, 5) is 0. The Morgan fingerprint density at radius 1 is 1.11 bits per heavy atom. The number of allylic oxidation sites excluding steroid dienone is 2. The summed E-state index contributed by atoms with van der Waals surface area (Å²) >= 11 is 0. The molecule has 2 rings (SSSR count). The first-order valence-corrected chi connectivity index (χ1v) is 11.1. The van der Waals surface area contributed by atoms with Gasteiger partial charge in [-0.25, -0.2) is 0 Å². The van der Waals surface area contributed by atoms with E-state index in [0.29, 0.717) is 42.0 Å². The van der Waals surface area contributed by atoms with Gasteiger partial charge in [0.2, 0.25) is 0 Å². The van der Waals surface area contributed by atoms with E-state index in [1.807, 2.05) is 6.08 Å². The van der Waals surface area contributed by atoms with Crippen molar-refractivity contribution in [3.05, 3.63) is 36.5 Å². The second kappa shape index (κ2) is 10.6. The lowest BCUT2D eigenvalue weighted by Gasteiger charge is -2.41. The number of hydrogen-bond acceptors (Lipinski definition) is 2. The number of ether oxygens (including phenoxy) is 2. The topological polar surface area (TPSA) is 18.5 Å². The molecule has 0 bridgehead atoms. The fraction of sp³-hybridized carbons (Fsp3) is 0.760. The summed E-state index contributed by atoms with van der Waals surface area (Å²) < 4.78 is 12.5. The molecule has 0 amide bonds. The molecule has 0 saturated carbocycles. The molecule has 0 aromatic heterocycles. The summed E-state index contributed by atoms with van der Waals surface area (Å²) in [6.45, 7) is 17.7. The first-order valence-electron chi connectivity index (χ1n) is 11.1. The van der Waals surface area contributed by atoms with Gasteiger partial charge in [0.1, 0.15) is 0 Å². The smallest absolute Gasteiger partial charge is 0.0791 e. The van der Waals surface area contributed by atoms with E-state index in [4.69, 9.17) is 9.47 Å². The maximum absolute atomic E-state index is 6.39. The average molecular weight is 375 g/mol. The zero-order valence-electron chi connectivity index (χ0n) is 18.5. The minimum Gasteiger partial charge on any atom is -0.375 e. The van der Waals surface area contributed by atoms with Crippen molar-refractivity contribution < 1.29 is 9.47 Å². The first-order chi connectivity index (χ1) is 12.8. The quantitative estimate of drug-likeness (QED) is 0.363. The Kier molecular flexibility index (Phi) is 8.82. The molecule has 27 heavy (non-hydrogen) atoms. The van der Waals surface area contributed by atoms with Crippen LogP contribution in [0, 0.1) is 23.7 Å². The maximum Gasteiger partial charge on any atom is 0.0791 e.